The van der Waals surface area contributed by atoms with E-state index in [1.807, 2.05) is 25.1 Å². The maximum absolute atomic E-state index is 10.9. The zero-order valence-corrected chi connectivity index (χ0v) is 8.42. The first-order valence-electron chi connectivity index (χ1n) is 4.44. The third-order valence-electron chi connectivity index (χ3n) is 1.93. The quantitative estimate of drug-likeness (QED) is 0.620. The van der Waals surface area contributed by atoms with Crippen LogP contribution in [0.25, 0.3) is 0 Å². The van der Waals surface area contributed by atoms with E-state index in [4.69, 9.17) is 5.73 Å². The monoisotopic (exact) mass is 193 g/mol. The molecule has 4 nitrogen and oxygen atoms in total. The van der Waals surface area contributed by atoms with E-state index in [1.54, 1.807) is 7.05 Å². The normalized spacial score (nSPS) is 9.57. The molecule has 1 amide bonds. The highest BCUT2D eigenvalue weighted by Gasteiger charge is 2.00. The molecule has 0 saturated heterocycles. The molecule has 0 heterocycles. The molecule has 4 N–H and O–H groups in total. The van der Waals surface area contributed by atoms with Crippen LogP contribution in [0.2, 0.25) is 0 Å². The number of nitrogens with two attached hydrogens (primary N) is 1. The molecule has 0 bridgehead atoms. The number of nitrogen functional groups attached to an aromatic ring is 1. The molecule has 76 valence electrons. The number of aryl methyl sites for hydroxylation is 1. The molecule has 0 aliphatic heterocycles. The number of anilines is 2. The van der Waals surface area contributed by atoms with E-state index in [-0.39, 0.29) is 12.5 Å². The van der Waals surface area contributed by atoms with E-state index in [1.165, 1.54) is 0 Å². The number of hydrogen-bond donors (Lipinski definition) is 3. The van der Waals surface area contributed by atoms with E-state index in [2.05, 4.69) is 10.6 Å². The van der Waals surface area contributed by atoms with E-state index in [0.29, 0.717) is 5.69 Å². The maximum atomic E-state index is 10.9. The van der Waals surface area contributed by atoms with Crippen molar-refractivity contribution in [1.82, 2.24) is 5.32 Å². The van der Waals surface area contributed by atoms with Gasteiger partial charge >= 0.3 is 0 Å². The van der Waals surface area contributed by atoms with Crippen LogP contribution >= 0.6 is 0 Å². The average molecular weight is 193 g/mol. The van der Waals surface area contributed by atoms with Crippen molar-refractivity contribution in [2.24, 2.45) is 0 Å². The molecular formula is C10H15N3O. The SMILES string of the molecule is CNC(=O)CNc1ccc(C)cc1N. The van der Waals surface area contributed by atoms with Crippen LogP contribution in [-0.2, 0) is 4.79 Å². The second-order valence-electron chi connectivity index (χ2n) is 3.12. The van der Waals surface area contributed by atoms with Gasteiger partial charge in [-0.15, -0.1) is 0 Å². The first-order chi connectivity index (χ1) is 6.63. The number of benzene rings is 1. The Balaban J connectivity index is 2.63. The lowest BCUT2D eigenvalue weighted by Gasteiger charge is -2.08. The average Bonchev–Trinajstić information content (AvgIpc) is 2.16. The number of rotatable bonds is 3. The highest BCUT2D eigenvalue weighted by Crippen LogP contribution is 2.18. The molecule has 0 aromatic heterocycles. The van der Waals surface area contributed by atoms with Crippen LogP contribution in [0, 0.1) is 6.92 Å². The van der Waals surface area contributed by atoms with Gasteiger partial charge in [0.25, 0.3) is 0 Å². The molecular weight excluding hydrogens is 178 g/mol. The molecule has 0 spiro atoms. The lowest BCUT2D eigenvalue weighted by molar-refractivity contribution is -0.118. The third kappa shape index (κ3) is 2.65. The summed E-state index contributed by atoms with van der Waals surface area (Å²) in [7, 11) is 1.60. The Morgan fingerprint density at radius 3 is 2.79 bits per heavy atom. The molecule has 0 aliphatic rings. The number of nitrogens with one attached hydrogen (secondary N) is 2. The lowest BCUT2D eigenvalue weighted by Crippen LogP contribution is -2.26. The van der Waals surface area contributed by atoms with Crippen molar-refractivity contribution < 1.29 is 4.79 Å². The molecule has 1 aromatic rings. The fraction of sp³-hybridized carbons (Fsp3) is 0.300. The number of hydrogen-bond acceptors (Lipinski definition) is 3. The van der Waals surface area contributed by atoms with Gasteiger partial charge in [0, 0.05) is 7.05 Å². The topological polar surface area (TPSA) is 67.2 Å². The second-order valence-corrected chi connectivity index (χ2v) is 3.12. The van der Waals surface area contributed by atoms with Crippen molar-refractivity contribution >= 4 is 17.3 Å². The molecule has 0 saturated carbocycles. The number of likely N-dealkylation sites (N-methyl/N-ethyl adjacent to an activating group) is 1. The fourth-order valence-electron chi connectivity index (χ4n) is 1.11. The Hall–Kier alpha value is -1.71. The predicted molar refractivity (Wildman–Crippen MR) is 58.1 cm³/mol. The van der Waals surface area contributed by atoms with Gasteiger partial charge in [-0.05, 0) is 24.6 Å². The van der Waals surface area contributed by atoms with E-state index in [9.17, 15) is 4.79 Å². The lowest BCUT2D eigenvalue weighted by atomic mass is 10.2. The zero-order valence-electron chi connectivity index (χ0n) is 8.42. The standard InChI is InChI=1S/C10H15N3O/c1-7-3-4-9(8(11)5-7)13-6-10(14)12-2/h3-5,13H,6,11H2,1-2H3,(H,12,14). The summed E-state index contributed by atoms with van der Waals surface area (Å²) in [5.41, 5.74) is 8.31. The van der Waals surface area contributed by atoms with Gasteiger partial charge < -0.3 is 16.4 Å². The van der Waals surface area contributed by atoms with Gasteiger partial charge in [0.05, 0.1) is 17.9 Å². The Kier molecular flexibility index (Phi) is 3.34. The van der Waals surface area contributed by atoms with Gasteiger partial charge in [-0.2, -0.15) is 0 Å². The molecule has 0 radical (unpaired) electrons. The molecule has 14 heavy (non-hydrogen) atoms. The van der Waals surface area contributed by atoms with Crippen LogP contribution < -0.4 is 16.4 Å². The van der Waals surface area contributed by atoms with Crippen molar-refractivity contribution in [3.05, 3.63) is 23.8 Å². The van der Waals surface area contributed by atoms with Gasteiger partial charge in [0.2, 0.25) is 5.91 Å². The van der Waals surface area contributed by atoms with E-state index >= 15 is 0 Å². The first-order valence-corrected chi connectivity index (χ1v) is 4.44. The van der Waals surface area contributed by atoms with Crippen molar-refractivity contribution in [3.8, 4) is 0 Å². The minimum Gasteiger partial charge on any atom is -0.397 e. The predicted octanol–water partition coefficient (Wildman–Crippen LogP) is 0.735. The fourth-order valence-corrected chi connectivity index (χ4v) is 1.11. The van der Waals surface area contributed by atoms with Gasteiger partial charge in [-0.1, -0.05) is 6.07 Å². The number of carbonyl (C=O) groups is 1. The van der Waals surface area contributed by atoms with E-state index < -0.39 is 0 Å². The summed E-state index contributed by atoms with van der Waals surface area (Å²) in [6.45, 7) is 2.21. The highest BCUT2D eigenvalue weighted by molar-refractivity contribution is 5.81. The van der Waals surface area contributed by atoms with E-state index in [0.717, 1.165) is 11.3 Å². The summed E-state index contributed by atoms with van der Waals surface area (Å²) in [5, 5.41) is 5.48. The van der Waals surface area contributed by atoms with Crippen LogP contribution in [0.4, 0.5) is 11.4 Å². The Morgan fingerprint density at radius 1 is 1.50 bits per heavy atom. The molecule has 4 heteroatoms. The van der Waals surface area contributed by atoms with Gasteiger partial charge in [0.15, 0.2) is 0 Å². The molecule has 0 fully saturated rings. The van der Waals surface area contributed by atoms with Crippen LogP contribution in [0.15, 0.2) is 18.2 Å². The van der Waals surface area contributed by atoms with Crippen molar-refractivity contribution in [2.45, 2.75) is 6.92 Å². The van der Waals surface area contributed by atoms with Crippen molar-refractivity contribution in [3.63, 3.8) is 0 Å². The summed E-state index contributed by atoms with van der Waals surface area (Å²) >= 11 is 0. The Labute approximate surface area is 83.5 Å². The van der Waals surface area contributed by atoms with Crippen LogP contribution in [0.5, 0.6) is 0 Å². The van der Waals surface area contributed by atoms with Crippen LogP contribution in [0.1, 0.15) is 5.56 Å². The van der Waals surface area contributed by atoms with Crippen LogP contribution in [-0.4, -0.2) is 19.5 Å². The summed E-state index contributed by atoms with van der Waals surface area (Å²) in [5.74, 6) is -0.0648. The van der Waals surface area contributed by atoms with Crippen LogP contribution in [0.3, 0.4) is 0 Å². The third-order valence-corrected chi connectivity index (χ3v) is 1.93. The van der Waals surface area contributed by atoms with Crippen molar-refractivity contribution in [2.75, 3.05) is 24.6 Å². The minimum atomic E-state index is -0.0648. The molecule has 1 aromatic carbocycles. The maximum Gasteiger partial charge on any atom is 0.239 e. The number of carbonyl (C=O) groups excluding carboxylic acids is 1. The Morgan fingerprint density at radius 2 is 2.21 bits per heavy atom. The molecule has 0 atom stereocenters. The minimum absolute atomic E-state index is 0.0648. The Bertz CT molecular complexity index is 336. The molecule has 1 rings (SSSR count). The summed E-state index contributed by atoms with van der Waals surface area (Å²) in [6, 6.07) is 5.68. The smallest absolute Gasteiger partial charge is 0.239 e. The number of amides is 1. The zero-order chi connectivity index (χ0) is 10.6. The molecule has 0 aliphatic carbocycles. The van der Waals surface area contributed by atoms with Crippen molar-refractivity contribution in [1.29, 1.82) is 0 Å². The molecule has 0 unspecified atom stereocenters. The van der Waals surface area contributed by atoms with Gasteiger partial charge in [-0.3, -0.25) is 4.79 Å². The van der Waals surface area contributed by atoms with Gasteiger partial charge in [0.1, 0.15) is 0 Å². The summed E-state index contributed by atoms with van der Waals surface area (Å²) < 4.78 is 0. The second kappa shape index (κ2) is 4.50. The van der Waals surface area contributed by atoms with Gasteiger partial charge in [-0.25, -0.2) is 0 Å². The summed E-state index contributed by atoms with van der Waals surface area (Å²) in [6.07, 6.45) is 0. The first kappa shape index (κ1) is 10.4. The highest BCUT2D eigenvalue weighted by atomic mass is 16.1. The summed E-state index contributed by atoms with van der Waals surface area (Å²) in [4.78, 5) is 10.9. The largest absolute Gasteiger partial charge is 0.397 e.